The maximum atomic E-state index is 12.8. The summed E-state index contributed by atoms with van der Waals surface area (Å²) in [5, 5.41) is 3.11. The van der Waals surface area contributed by atoms with E-state index in [9.17, 15) is 9.59 Å². The summed E-state index contributed by atoms with van der Waals surface area (Å²) in [6.07, 6.45) is 3.65. The number of amides is 2. The van der Waals surface area contributed by atoms with Crippen molar-refractivity contribution in [2.45, 2.75) is 45.6 Å². The topological polar surface area (TPSA) is 58.6 Å². The molecule has 3 rings (SSSR count). The average molecular weight is 395 g/mol. The number of aryl methyl sites for hydroxylation is 1. The van der Waals surface area contributed by atoms with E-state index in [1.165, 1.54) is 0 Å². The van der Waals surface area contributed by atoms with Gasteiger partial charge >= 0.3 is 0 Å². The zero-order valence-electron chi connectivity index (χ0n) is 17.3. The number of nitrogens with one attached hydrogen (secondary N) is 1. The van der Waals surface area contributed by atoms with Gasteiger partial charge in [-0.25, -0.2) is 0 Å². The van der Waals surface area contributed by atoms with Gasteiger partial charge in [0, 0.05) is 30.3 Å². The van der Waals surface area contributed by atoms with Gasteiger partial charge in [-0.2, -0.15) is 0 Å². The first-order valence-electron chi connectivity index (χ1n) is 10.5. The molecule has 0 spiro atoms. The van der Waals surface area contributed by atoms with Crippen LogP contribution in [0.4, 0.5) is 0 Å². The zero-order valence-corrected chi connectivity index (χ0v) is 17.3. The minimum atomic E-state index is -0.0356. The lowest BCUT2D eigenvalue weighted by Gasteiger charge is -2.32. The van der Waals surface area contributed by atoms with Crippen LogP contribution < -0.4 is 10.1 Å². The average Bonchev–Trinajstić information content (AvgIpc) is 2.75. The van der Waals surface area contributed by atoms with Gasteiger partial charge in [0.2, 0.25) is 0 Å². The van der Waals surface area contributed by atoms with Crippen molar-refractivity contribution in [1.82, 2.24) is 10.2 Å². The smallest absolute Gasteiger partial charge is 0.253 e. The fourth-order valence-electron chi connectivity index (χ4n) is 3.53. The normalized spacial score (nSPS) is 14.5. The highest BCUT2D eigenvalue weighted by atomic mass is 16.5. The van der Waals surface area contributed by atoms with Crippen molar-refractivity contribution in [2.75, 3.05) is 19.7 Å². The predicted octanol–water partition coefficient (Wildman–Crippen LogP) is 4.21. The minimum Gasteiger partial charge on any atom is -0.494 e. The highest BCUT2D eigenvalue weighted by Crippen LogP contribution is 2.18. The van der Waals surface area contributed by atoms with Crippen molar-refractivity contribution in [3.05, 3.63) is 65.2 Å². The van der Waals surface area contributed by atoms with Crippen molar-refractivity contribution in [2.24, 2.45) is 0 Å². The van der Waals surface area contributed by atoms with Gasteiger partial charge in [-0.1, -0.05) is 31.5 Å². The molecule has 1 N–H and O–H groups in total. The molecule has 0 bridgehead atoms. The van der Waals surface area contributed by atoms with Crippen LogP contribution in [0.2, 0.25) is 0 Å². The first-order valence-corrected chi connectivity index (χ1v) is 10.5. The van der Waals surface area contributed by atoms with Crippen LogP contribution in [-0.4, -0.2) is 42.5 Å². The highest BCUT2D eigenvalue weighted by molar-refractivity contribution is 5.96. The number of likely N-dealkylation sites (tertiary alicyclic amines) is 1. The number of benzene rings is 2. The maximum absolute atomic E-state index is 12.8. The van der Waals surface area contributed by atoms with Crippen LogP contribution >= 0.6 is 0 Å². The number of nitrogens with zero attached hydrogens (tertiary/aromatic N) is 1. The number of carbonyl (C=O) groups is 2. The Hall–Kier alpha value is -2.82. The van der Waals surface area contributed by atoms with Crippen LogP contribution in [0, 0.1) is 6.92 Å². The standard InChI is InChI=1S/C24H30N2O3/c1-3-4-17-29-21-11-9-19(10-12-21)24(28)26-15-13-20(14-16-26)25-23(27)22-8-6-5-7-18(22)2/h5-12,20H,3-4,13-17H2,1-2H3,(H,25,27). The van der Waals surface area contributed by atoms with Gasteiger partial charge in [0.1, 0.15) is 5.75 Å². The number of carbonyl (C=O) groups excluding carboxylic acids is 2. The van der Waals surface area contributed by atoms with Crippen LogP contribution in [0.15, 0.2) is 48.5 Å². The van der Waals surface area contributed by atoms with E-state index < -0.39 is 0 Å². The van der Waals surface area contributed by atoms with E-state index in [1.54, 1.807) is 0 Å². The molecule has 154 valence electrons. The predicted molar refractivity (Wildman–Crippen MR) is 114 cm³/mol. The molecule has 5 nitrogen and oxygen atoms in total. The van der Waals surface area contributed by atoms with Gasteiger partial charge in [-0.3, -0.25) is 9.59 Å². The molecule has 0 radical (unpaired) electrons. The number of hydrogen-bond donors (Lipinski definition) is 1. The van der Waals surface area contributed by atoms with Crippen LogP contribution in [0.3, 0.4) is 0 Å². The summed E-state index contributed by atoms with van der Waals surface area (Å²) in [6, 6.07) is 15.1. The largest absolute Gasteiger partial charge is 0.494 e. The third-order valence-electron chi connectivity index (χ3n) is 5.37. The fraction of sp³-hybridized carbons (Fsp3) is 0.417. The van der Waals surface area contributed by atoms with Gasteiger partial charge in [0.25, 0.3) is 11.8 Å². The molecule has 0 aliphatic carbocycles. The number of piperidine rings is 1. The van der Waals surface area contributed by atoms with E-state index in [1.807, 2.05) is 60.4 Å². The van der Waals surface area contributed by atoms with Crippen molar-refractivity contribution in [3.8, 4) is 5.75 Å². The molecule has 1 aliphatic heterocycles. The second-order valence-electron chi connectivity index (χ2n) is 7.58. The van der Waals surface area contributed by atoms with Gasteiger partial charge in [-0.15, -0.1) is 0 Å². The SMILES string of the molecule is CCCCOc1ccc(C(=O)N2CCC(NC(=O)c3ccccc3C)CC2)cc1. The molecular formula is C24H30N2O3. The summed E-state index contributed by atoms with van der Waals surface area (Å²) >= 11 is 0. The number of unbranched alkanes of at least 4 members (excludes halogenated alkanes) is 1. The summed E-state index contributed by atoms with van der Waals surface area (Å²) in [6.45, 7) is 6.06. The second kappa shape index (κ2) is 10.1. The van der Waals surface area contributed by atoms with Gasteiger partial charge in [-0.05, 0) is 62.1 Å². The van der Waals surface area contributed by atoms with E-state index in [4.69, 9.17) is 4.74 Å². The highest BCUT2D eigenvalue weighted by Gasteiger charge is 2.25. The third kappa shape index (κ3) is 5.59. The summed E-state index contributed by atoms with van der Waals surface area (Å²) < 4.78 is 5.66. The van der Waals surface area contributed by atoms with Crippen molar-refractivity contribution >= 4 is 11.8 Å². The van der Waals surface area contributed by atoms with Crippen molar-refractivity contribution in [3.63, 3.8) is 0 Å². The molecule has 1 fully saturated rings. The summed E-state index contributed by atoms with van der Waals surface area (Å²) in [7, 11) is 0. The number of hydrogen-bond acceptors (Lipinski definition) is 3. The van der Waals surface area contributed by atoms with E-state index in [2.05, 4.69) is 12.2 Å². The molecule has 29 heavy (non-hydrogen) atoms. The number of ether oxygens (including phenoxy) is 1. The Labute approximate surface area is 173 Å². The second-order valence-corrected chi connectivity index (χ2v) is 7.58. The van der Waals surface area contributed by atoms with E-state index in [0.29, 0.717) is 30.8 Å². The first kappa shape index (κ1) is 20.9. The van der Waals surface area contributed by atoms with E-state index in [0.717, 1.165) is 37.0 Å². The molecule has 2 aromatic rings. The Morgan fingerprint density at radius 2 is 1.76 bits per heavy atom. The van der Waals surface area contributed by atoms with Gasteiger partial charge in [0.15, 0.2) is 0 Å². The van der Waals surface area contributed by atoms with Gasteiger partial charge < -0.3 is 15.0 Å². The Balaban J connectivity index is 1.49. The monoisotopic (exact) mass is 394 g/mol. The lowest BCUT2D eigenvalue weighted by molar-refractivity contribution is 0.0698. The van der Waals surface area contributed by atoms with Crippen LogP contribution in [0.25, 0.3) is 0 Å². The molecule has 2 amide bonds. The van der Waals surface area contributed by atoms with Crippen molar-refractivity contribution in [1.29, 1.82) is 0 Å². The first-order chi connectivity index (χ1) is 14.1. The molecular weight excluding hydrogens is 364 g/mol. The lowest BCUT2D eigenvalue weighted by Crippen LogP contribution is -2.46. The zero-order chi connectivity index (χ0) is 20.6. The lowest BCUT2D eigenvalue weighted by atomic mass is 10.0. The molecule has 1 aliphatic rings. The molecule has 5 heteroatoms. The van der Waals surface area contributed by atoms with Crippen LogP contribution in [-0.2, 0) is 0 Å². The Morgan fingerprint density at radius 1 is 1.07 bits per heavy atom. The summed E-state index contributed by atoms with van der Waals surface area (Å²) in [5.74, 6) is 0.799. The van der Waals surface area contributed by atoms with E-state index in [-0.39, 0.29) is 17.9 Å². The molecule has 0 saturated carbocycles. The summed E-state index contributed by atoms with van der Waals surface area (Å²) in [4.78, 5) is 27.1. The summed E-state index contributed by atoms with van der Waals surface area (Å²) in [5.41, 5.74) is 2.36. The minimum absolute atomic E-state index is 0.0356. The molecule has 2 aromatic carbocycles. The third-order valence-corrected chi connectivity index (χ3v) is 5.37. The molecule has 1 heterocycles. The van der Waals surface area contributed by atoms with Crippen molar-refractivity contribution < 1.29 is 14.3 Å². The Morgan fingerprint density at radius 3 is 2.41 bits per heavy atom. The van der Waals surface area contributed by atoms with Gasteiger partial charge in [0.05, 0.1) is 6.61 Å². The molecule has 0 unspecified atom stereocenters. The molecule has 0 atom stereocenters. The maximum Gasteiger partial charge on any atom is 0.253 e. The fourth-order valence-corrected chi connectivity index (χ4v) is 3.53. The molecule has 1 saturated heterocycles. The quantitative estimate of drug-likeness (QED) is 0.716. The van der Waals surface area contributed by atoms with E-state index >= 15 is 0 Å². The van der Waals surface area contributed by atoms with Crippen LogP contribution in [0.5, 0.6) is 5.75 Å². The number of rotatable bonds is 7. The molecule has 0 aromatic heterocycles. The van der Waals surface area contributed by atoms with Crippen LogP contribution in [0.1, 0.15) is 58.9 Å². The Kier molecular flexibility index (Phi) is 7.28. The Bertz CT molecular complexity index is 824.